The standard InChI is InChI=1S/C28H30O6/c1-15(2)7-6-8-16(3)9-10-17-19(29)13-22-24(25(17)31)26(32)23-18-11-12-28(4,5)34-27(18)20(30)14-21(23)33-22/h7,9,11-14,29-31H,6,8,10H2,1-5H3. The van der Waals surface area contributed by atoms with E-state index in [1.165, 1.54) is 17.7 Å². The number of fused-ring (bicyclic) bond motifs is 4. The molecule has 0 saturated carbocycles. The van der Waals surface area contributed by atoms with Crippen LogP contribution in [0.25, 0.3) is 28.0 Å². The summed E-state index contributed by atoms with van der Waals surface area (Å²) in [4.78, 5) is 13.6. The minimum absolute atomic E-state index is 0.0120. The first-order valence-electron chi connectivity index (χ1n) is 11.4. The molecule has 0 amide bonds. The normalized spacial score (nSPS) is 14.8. The predicted molar refractivity (Wildman–Crippen MR) is 135 cm³/mol. The van der Waals surface area contributed by atoms with Crippen molar-refractivity contribution < 1.29 is 24.5 Å². The second-order valence-corrected chi connectivity index (χ2v) is 9.65. The van der Waals surface area contributed by atoms with Gasteiger partial charge in [-0.05, 0) is 60.0 Å². The van der Waals surface area contributed by atoms with Gasteiger partial charge in [-0.25, -0.2) is 0 Å². The Hall–Kier alpha value is -3.67. The van der Waals surface area contributed by atoms with Crippen LogP contribution in [0, 0.1) is 0 Å². The van der Waals surface area contributed by atoms with E-state index < -0.39 is 11.0 Å². The van der Waals surface area contributed by atoms with Crippen molar-refractivity contribution >= 4 is 28.0 Å². The highest BCUT2D eigenvalue weighted by Gasteiger charge is 2.28. The fourth-order valence-corrected chi connectivity index (χ4v) is 4.19. The van der Waals surface area contributed by atoms with Gasteiger partial charge in [0.2, 0.25) is 5.43 Å². The van der Waals surface area contributed by atoms with Gasteiger partial charge in [0.1, 0.15) is 33.7 Å². The average molecular weight is 463 g/mol. The Morgan fingerprint density at radius 2 is 1.68 bits per heavy atom. The number of ether oxygens (including phenoxy) is 1. The third-order valence-corrected chi connectivity index (χ3v) is 6.04. The second kappa shape index (κ2) is 8.60. The van der Waals surface area contributed by atoms with Crippen molar-refractivity contribution in [2.24, 2.45) is 0 Å². The highest BCUT2D eigenvalue weighted by atomic mass is 16.5. The van der Waals surface area contributed by atoms with Gasteiger partial charge >= 0.3 is 0 Å². The molecule has 2 heterocycles. The number of rotatable bonds is 5. The molecule has 178 valence electrons. The van der Waals surface area contributed by atoms with Crippen LogP contribution >= 0.6 is 0 Å². The number of aromatic hydroxyl groups is 3. The Morgan fingerprint density at radius 1 is 1.00 bits per heavy atom. The molecule has 6 heteroatoms. The first kappa shape index (κ1) is 23.5. The van der Waals surface area contributed by atoms with Gasteiger partial charge in [-0.1, -0.05) is 29.4 Å². The van der Waals surface area contributed by atoms with E-state index in [4.69, 9.17) is 9.15 Å². The van der Waals surface area contributed by atoms with Crippen molar-refractivity contribution in [2.45, 2.75) is 59.5 Å². The number of phenolic OH excluding ortho intramolecular Hbond substituents is 3. The molecule has 0 aliphatic carbocycles. The van der Waals surface area contributed by atoms with Crippen LogP contribution in [0.2, 0.25) is 0 Å². The fourth-order valence-electron chi connectivity index (χ4n) is 4.19. The van der Waals surface area contributed by atoms with Crippen LogP contribution in [0.15, 0.2) is 50.7 Å². The summed E-state index contributed by atoms with van der Waals surface area (Å²) in [5.74, 6) is -0.420. The molecule has 0 radical (unpaired) electrons. The van der Waals surface area contributed by atoms with Gasteiger partial charge in [-0.2, -0.15) is 0 Å². The molecule has 6 nitrogen and oxygen atoms in total. The molecule has 34 heavy (non-hydrogen) atoms. The van der Waals surface area contributed by atoms with Crippen LogP contribution in [0.1, 0.15) is 58.6 Å². The summed E-state index contributed by atoms with van der Waals surface area (Å²) in [5.41, 5.74) is 2.13. The van der Waals surface area contributed by atoms with E-state index in [9.17, 15) is 20.1 Å². The molecule has 0 unspecified atom stereocenters. The number of phenols is 3. The minimum Gasteiger partial charge on any atom is -0.507 e. The molecule has 1 aromatic heterocycles. The van der Waals surface area contributed by atoms with Crippen LogP contribution in [0.5, 0.6) is 23.0 Å². The van der Waals surface area contributed by atoms with E-state index in [0.29, 0.717) is 5.56 Å². The molecule has 2 aromatic carbocycles. The summed E-state index contributed by atoms with van der Waals surface area (Å²) < 4.78 is 11.7. The SMILES string of the molecule is CC(C)=CCCC(C)=CCc1c(O)cc2oc3cc(O)c4c(c3c(=O)c2c1O)C=CC(C)(C)O4. The molecular weight excluding hydrogens is 432 g/mol. The van der Waals surface area contributed by atoms with Crippen LogP contribution in [-0.2, 0) is 6.42 Å². The molecule has 0 saturated heterocycles. The summed E-state index contributed by atoms with van der Waals surface area (Å²) in [7, 11) is 0. The maximum Gasteiger partial charge on any atom is 0.205 e. The van der Waals surface area contributed by atoms with Gasteiger partial charge < -0.3 is 24.5 Å². The van der Waals surface area contributed by atoms with Crippen molar-refractivity contribution in [1.29, 1.82) is 0 Å². The second-order valence-electron chi connectivity index (χ2n) is 9.65. The molecule has 3 N–H and O–H groups in total. The lowest BCUT2D eigenvalue weighted by Gasteiger charge is -2.28. The zero-order chi connectivity index (χ0) is 24.8. The van der Waals surface area contributed by atoms with Gasteiger partial charge in [-0.15, -0.1) is 0 Å². The Balaban J connectivity index is 1.85. The zero-order valence-corrected chi connectivity index (χ0v) is 20.2. The van der Waals surface area contributed by atoms with E-state index in [2.05, 4.69) is 19.9 Å². The average Bonchev–Trinajstić information content (AvgIpc) is 2.72. The van der Waals surface area contributed by atoms with E-state index in [0.717, 1.165) is 18.4 Å². The van der Waals surface area contributed by atoms with E-state index in [1.807, 2.05) is 26.8 Å². The zero-order valence-electron chi connectivity index (χ0n) is 20.2. The summed E-state index contributed by atoms with van der Waals surface area (Å²) in [5, 5.41) is 32.3. The van der Waals surface area contributed by atoms with Crippen molar-refractivity contribution in [1.82, 2.24) is 0 Å². The number of hydrogen-bond acceptors (Lipinski definition) is 6. The van der Waals surface area contributed by atoms with Crippen LogP contribution < -0.4 is 10.2 Å². The largest absolute Gasteiger partial charge is 0.507 e. The van der Waals surface area contributed by atoms with E-state index >= 15 is 0 Å². The highest BCUT2D eigenvalue weighted by Crippen LogP contribution is 2.44. The quantitative estimate of drug-likeness (QED) is 0.296. The molecule has 4 rings (SSSR count). The van der Waals surface area contributed by atoms with Gasteiger partial charge in [0.25, 0.3) is 0 Å². The van der Waals surface area contributed by atoms with Gasteiger partial charge in [0, 0.05) is 23.3 Å². The van der Waals surface area contributed by atoms with E-state index in [1.54, 1.807) is 12.2 Å². The molecule has 0 atom stereocenters. The van der Waals surface area contributed by atoms with Crippen molar-refractivity contribution in [3.05, 3.63) is 62.9 Å². The van der Waals surface area contributed by atoms with Gasteiger partial charge in [0.15, 0.2) is 11.5 Å². The van der Waals surface area contributed by atoms with Crippen molar-refractivity contribution in [2.75, 3.05) is 0 Å². The number of hydrogen-bond donors (Lipinski definition) is 3. The Bertz CT molecular complexity index is 1450. The molecule has 0 spiro atoms. The summed E-state index contributed by atoms with van der Waals surface area (Å²) in [6.07, 6.45) is 9.68. The van der Waals surface area contributed by atoms with E-state index in [-0.39, 0.29) is 56.9 Å². The Kier molecular flexibility index (Phi) is 5.94. The van der Waals surface area contributed by atoms with Gasteiger partial charge in [0.05, 0.1) is 5.39 Å². The first-order valence-corrected chi connectivity index (χ1v) is 11.4. The van der Waals surface area contributed by atoms with Crippen LogP contribution in [0.4, 0.5) is 0 Å². The monoisotopic (exact) mass is 462 g/mol. The molecule has 1 aliphatic rings. The topological polar surface area (TPSA) is 100 Å². The number of benzene rings is 2. The van der Waals surface area contributed by atoms with Gasteiger partial charge in [-0.3, -0.25) is 4.79 Å². The lowest BCUT2D eigenvalue weighted by Crippen LogP contribution is -2.28. The Labute approximate surface area is 198 Å². The maximum absolute atomic E-state index is 13.6. The highest BCUT2D eigenvalue weighted by molar-refractivity contribution is 6.00. The summed E-state index contributed by atoms with van der Waals surface area (Å²) >= 11 is 0. The lowest BCUT2D eigenvalue weighted by molar-refractivity contribution is 0.153. The van der Waals surface area contributed by atoms with Crippen LogP contribution in [0.3, 0.4) is 0 Å². The van der Waals surface area contributed by atoms with Crippen molar-refractivity contribution in [3.8, 4) is 23.0 Å². The maximum atomic E-state index is 13.6. The minimum atomic E-state index is -0.647. The summed E-state index contributed by atoms with van der Waals surface area (Å²) in [6.45, 7) is 9.80. The molecular formula is C28H30O6. The molecule has 1 aliphatic heterocycles. The lowest BCUT2D eigenvalue weighted by atomic mass is 9.97. The number of allylic oxidation sites excluding steroid dienone is 4. The summed E-state index contributed by atoms with van der Waals surface area (Å²) in [6, 6.07) is 2.66. The van der Waals surface area contributed by atoms with Crippen LogP contribution in [-0.4, -0.2) is 20.9 Å². The molecule has 0 bridgehead atoms. The third kappa shape index (κ3) is 4.28. The first-order chi connectivity index (χ1) is 16.0. The third-order valence-electron chi connectivity index (χ3n) is 6.04. The predicted octanol–water partition coefficient (Wildman–Crippen LogP) is 6.48. The van der Waals surface area contributed by atoms with Crippen molar-refractivity contribution in [3.63, 3.8) is 0 Å². The smallest absolute Gasteiger partial charge is 0.205 e. The molecule has 0 fully saturated rings. The Morgan fingerprint density at radius 3 is 2.38 bits per heavy atom. The molecule has 3 aromatic rings. The fraction of sp³-hybridized carbons (Fsp3) is 0.321.